The van der Waals surface area contributed by atoms with Crippen molar-refractivity contribution in [2.45, 2.75) is 18.2 Å². The van der Waals surface area contributed by atoms with Crippen LogP contribution >= 0.6 is 11.8 Å². The second-order valence-corrected chi connectivity index (χ2v) is 5.82. The standard InChI is InChI=1S/C17H19NO4S/c1-4-22-13-7-5-11(6-8-13)17(21)16-14(23-3)9-12(18(16)2)10-15(19)20/h5-9H,4,10H2,1-3H3,(H,19,20). The third-order valence-electron chi connectivity index (χ3n) is 3.49. The van der Waals surface area contributed by atoms with Crippen molar-refractivity contribution in [2.24, 2.45) is 7.05 Å². The van der Waals surface area contributed by atoms with Crippen LogP contribution in [0.4, 0.5) is 0 Å². The normalized spacial score (nSPS) is 10.6. The number of carboxylic acids is 1. The molecule has 0 saturated heterocycles. The van der Waals surface area contributed by atoms with Gasteiger partial charge in [0.05, 0.1) is 13.0 Å². The quantitative estimate of drug-likeness (QED) is 0.623. The molecule has 122 valence electrons. The van der Waals surface area contributed by atoms with Crippen LogP contribution in [-0.2, 0) is 18.3 Å². The van der Waals surface area contributed by atoms with Gasteiger partial charge in [-0.2, -0.15) is 0 Å². The molecule has 0 aliphatic heterocycles. The third kappa shape index (κ3) is 3.76. The Kier molecular flexibility index (Phi) is 5.50. The van der Waals surface area contributed by atoms with Gasteiger partial charge in [-0.3, -0.25) is 9.59 Å². The molecule has 23 heavy (non-hydrogen) atoms. The van der Waals surface area contributed by atoms with Crippen molar-refractivity contribution in [1.82, 2.24) is 4.57 Å². The molecule has 0 atom stereocenters. The van der Waals surface area contributed by atoms with E-state index in [1.54, 1.807) is 41.9 Å². The molecule has 1 aromatic heterocycles. The topological polar surface area (TPSA) is 68.5 Å². The average molecular weight is 333 g/mol. The van der Waals surface area contributed by atoms with Gasteiger partial charge in [0, 0.05) is 23.2 Å². The number of ether oxygens (including phenoxy) is 1. The summed E-state index contributed by atoms with van der Waals surface area (Å²) in [5, 5.41) is 8.98. The minimum absolute atomic E-state index is 0.110. The fourth-order valence-corrected chi connectivity index (χ4v) is 3.05. The van der Waals surface area contributed by atoms with Crippen molar-refractivity contribution in [2.75, 3.05) is 12.9 Å². The van der Waals surface area contributed by atoms with E-state index in [1.165, 1.54) is 11.8 Å². The summed E-state index contributed by atoms with van der Waals surface area (Å²) in [5.41, 5.74) is 1.67. The highest BCUT2D eigenvalue weighted by Gasteiger charge is 2.21. The van der Waals surface area contributed by atoms with Crippen LogP contribution in [-0.4, -0.2) is 34.3 Å². The van der Waals surface area contributed by atoms with Gasteiger partial charge in [0.1, 0.15) is 11.4 Å². The maximum absolute atomic E-state index is 12.8. The first-order valence-corrected chi connectivity index (χ1v) is 8.42. The summed E-state index contributed by atoms with van der Waals surface area (Å²) in [7, 11) is 1.72. The average Bonchev–Trinajstić information content (AvgIpc) is 2.83. The van der Waals surface area contributed by atoms with Crippen molar-refractivity contribution in [3.63, 3.8) is 0 Å². The van der Waals surface area contributed by atoms with E-state index in [9.17, 15) is 9.59 Å². The summed E-state index contributed by atoms with van der Waals surface area (Å²) in [6.45, 7) is 2.47. The lowest BCUT2D eigenvalue weighted by Gasteiger charge is -2.08. The highest BCUT2D eigenvalue weighted by atomic mass is 32.2. The largest absolute Gasteiger partial charge is 0.494 e. The highest BCUT2D eigenvalue weighted by molar-refractivity contribution is 7.98. The van der Waals surface area contributed by atoms with Gasteiger partial charge in [0.25, 0.3) is 0 Å². The lowest BCUT2D eigenvalue weighted by molar-refractivity contribution is -0.136. The van der Waals surface area contributed by atoms with Gasteiger partial charge in [-0.25, -0.2) is 0 Å². The molecule has 0 aliphatic carbocycles. The SMILES string of the molecule is CCOc1ccc(C(=O)c2c(SC)cc(CC(=O)O)n2C)cc1. The zero-order chi connectivity index (χ0) is 17.0. The zero-order valence-electron chi connectivity index (χ0n) is 13.3. The van der Waals surface area contributed by atoms with Gasteiger partial charge in [-0.1, -0.05) is 0 Å². The maximum Gasteiger partial charge on any atom is 0.309 e. The fraction of sp³-hybridized carbons (Fsp3) is 0.294. The predicted octanol–water partition coefficient (Wildman–Crippen LogP) is 3.00. The predicted molar refractivity (Wildman–Crippen MR) is 89.6 cm³/mol. The molecule has 0 unspecified atom stereocenters. The Labute approximate surface area is 139 Å². The fourth-order valence-electron chi connectivity index (χ4n) is 2.38. The second kappa shape index (κ2) is 7.37. The van der Waals surface area contributed by atoms with E-state index >= 15 is 0 Å². The number of ketones is 1. The van der Waals surface area contributed by atoms with Crippen LogP contribution in [0.1, 0.15) is 28.7 Å². The molecular formula is C17H19NO4S. The highest BCUT2D eigenvalue weighted by Crippen LogP contribution is 2.27. The minimum atomic E-state index is -0.918. The molecule has 0 saturated carbocycles. The molecule has 0 aliphatic rings. The molecule has 1 aromatic carbocycles. The summed E-state index contributed by atoms with van der Waals surface area (Å²) in [5.74, 6) is -0.331. The number of aromatic nitrogens is 1. The van der Waals surface area contributed by atoms with Gasteiger partial charge < -0.3 is 14.4 Å². The summed E-state index contributed by atoms with van der Waals surface area (Å²) in [6, 6.07) is 8.73. The molecule has 1 N–H and O–H groups in total. The second-order valence-electron chi connectivity index (χ2n) is 4.97. The van der Waals surface area contributed by atoms with Crippen LogP contribution in [0.25, 0.3) is 0 Å². The summed E-state index contributed by atoms with van der Waals surface area (Å²) >= 11 is 1.43. The van der Waals surface area contributed by atoms with Gasteiger partial charge in [0.15, 0.2) is 0 Å². The Morgan fingerprint density at radius 1 is 1.26 bits per heavy atom. The van der Waals surface area contributed by atoms with E-state index in [-0.39, 0.29) is 12.2 Å². The molecule has 2 aromatic rings. The van der Waals surface area contributed by atoms with E-state index in [0.29, 0.717) is 29.3 Å². The van der Waals surface area contributed by atoms with Crippen molar-refractivity contribution in [3.8, 4) is 5.75 Å². The number of rotatable bonds is 7. The zero-order valence-corrected chi connectivity index (χ0v) is 14.1. The van der Waals surface area contributed by atoms with Crippen LogP contribution in [0.2, 0.25) is 0 Å². The number of nitrogens with zero attached hydrogens (tertiary/aromatic N) is 1. The number of carbonyl (C=O) groups excluding carboxylic acids is 1. The third-order valence-corrected chi connectivity index (χ3v) is 4.24. The molecule has 0 fully saturated rings. The smallest absolute Gasteiger partial charge is 0.309 e. The number of hydrogen-bond acceptors (Lipinski definition) is 4. The van der Waals surface area contributed by atoms with E-state index in [4.69, 9.17) is 9.84 Å². The van der Waals surface area contributed by atoms with Crippen LogP contribution < -0.4 is 4.74 Å². The number of aliphatic carboxylic acids is 1. The van der Waals surface area contributed by atoms with Crippen LogP contribution in [0.15, 0.2) is 35.2 Å². The van der Waals surface area contributed by atoms with Gasteiger partial charge >= 0.3 is 5.97 Å². The van der Waals surface area contributed by atoms with Gasteiger partial charge in [0.2, 0.25) is 5.78 Å². The molecule has 0 bridgehead atoms. The van der Waals surface area contributed by atoms with Crippen molar-refractivity contribution in [1.29, 1.82) is 0 Å². The van der Waals surface area contributed by atoms with Crippen molar-refractivity contribution in [3.05, 3.63) is 47.3 Å². The Bertz CT molecular complexity index is 719. The molecule has 0 amide bonds. The van der Waals surface area contributed by atoms with Crippen LogP contribution in [0.3, 0.4) is 0 Å². The van der Waals surface area contributed by atoms with Gasteiger partial charge in [-0.15, -0.1) is 11.8 Å². The summed E-state index contributed by atoms with van der Waals surface area (Å²) in [4.78, 5) is 24.5. The van der Waals surface area contributed by atoms with Crippen LogP contribution in [0.5, 0.6) is 5.75 Å². The molecule has 1 heterocycles. The number of benzene rings is 1. The van der Waals surface area contributed by atoms with Crippen molar-refractivity contribution < 1.29 is 19.4 Å². The van der Waals surface area contributed by atoms with Gasteiger partial charge in [-0.05, 0) is 43.5 Å². The molecule has 5 nitrogen and oxygen atoms in total. The first-order chi connectivity index (χ1) is 11.0. The van der Waals surface area contributed by atoms with E-state index in [2.05, 4.69) is 0 Å². The number of thioether (sulfide) groups is 1. The monoisotopic (exact) mass is 333 g/mol. The molecule has 2 rings (SSSR count). The van der Waals surface area contributed by atoms with E-state index in [1.807, 2.05) is 13.2 Å². The minimum Gasteiger partial charge on any atom is -0.494 e. The Balaban J connectivity index is 2.37. The number of carboxylic acid groups (broad SMARTS) is 1. The van der Waals surface area contributed by atoms with Crippen molar-refractivity contribution >= 4 is 23.5 Å². The lowest BCUT2D eigenvalue weighted by Crippen LogP contribution is -2.12. The van der Waals surface area contributed by atoms with E-state index < -0.39 is 5.97 Å². The Hall–Kier alpha value is -2.21. The Morgan fingerprint density at radius 3 is 2.43 bits per heavy atom. The Morgan fingerprint density at radius 2 is 1.91 bits per heavy atom. The van der Waals surface area contributed by atoms with Crippen LogP contribution in [0, 0.1) is 0 Å². The summed E-state index contributed by atoms with van der Waals surface area (Å²) < 4.78 is 7.04. The summed E-state index contributed by atoms with van der Waals surface area (Å²) in [6.07, 6.45) is 1.76. The van der Waals surface area contributed by atoms with E-state index in [0.717, 1.165) is 4.90 Å². The lowest BCUT2D eigenvalue weighted by atomic mass is 10.1. The number of hydrogen-bond donors (Lipinski definition) is 1. The molecule has 0 radical (unpaired) electrons. The molecule has 0 spiro atoms. The first kappa shape index (κ1) is 17.1. The maximum atomic E-state index is 12.8. The molecule has 6 heteroatoms. The first-order valence-electron chi connectivity index (χ1n) is 7.19. The number of carbonyl (C=O) groups is 2. The molecular weight excluding hydrogens is 314 g/mol.